The van der Waals surface area contributed by atoms with Crippen LogP contribution in [0.4, 0.5) is 0 Å². The summed E-state index contributed by atoms with van der Waals surface area (Å²) in [6.45, 7) is 9.54. The van der Waals surface area contributed by atoms with E-state index in [9.17, 15) is 43.2 Å². The van der Waals surface area contributed by atoms with Gasteiger partial charge in [-0.15, -0.1) is 0 Å². The van der Waals surface area contributed by atoms with Gasteiger partial charge in [-0.05, 0) is 37.5 Å². The van der Waals surface area contributed by atoms with E-state index in [0.717, 1.165) is 108 Å². The van der Waals surface area contributed by atoms with Crippen LogP contribution in [-0.2, 0) is 65.4 Å². The van der Waals surface area contributed by atoms with Crippen LogP contribution in [0.5, 0.6) is 0 Å². The van der Waals surface area contributed by atoms with Gasteiger partial charge in [0.05, 0.1) is 26.4 Å². The maximum Gasteiger partial charge on any atom is 0.472 e. The highest BCUT2D eigenvalue weighted by atomic mass is 31.2. The molecule has 19 heteroatoms. The molecule has 17 nitrogen and oxygen atoms in total. The minimum atomic E-state index is -4.95. The molecule has 0 radical (unpaired) electrons. The van der Waals surface area contributed by atoms with Crippen LogP contribution in [-0.4, -0.2) is 96.7 Å². The first-order valence-corrected chi connectivity index (χ1v) is 42.0. The molecule has 0 saturated heterocycles. The molecule has 0 aliphatic heterocycles. The molecule has 0 bridgehead atoms. The molecule has 0 aliphatic rings. The number of unbranched alkanes of at least 4 members (excludes halogenated alkanes) is 44. The lowest BCUT2D eigenvalue weighted by molar-refractivity contribution is -0.161. The molecule has 0 aromatic carbocycles. The molecule has 0 amide bonds. The quantitative estimate of drug-likeness (QED) is 0.0222. The Hall–Kier alpha value is -1.94. The van der Waals surface area contributed by atoms with Gasteiger partial charge in [-0.3, -0.25) is 37.3 Å². The van der Waals surface area contributed by atoms with E-state index in [0.29, 0.717) is 25.7 Å². The average Bonchev–Trinajstić information content (AvgIpc) is 2.92. The topological polar surface area (TPSA) is 237 Å². The Morgan fingerprint density at radius 3 is 0.723 bits per heavy atom. The lowest BCUT2D eigenvalue weighted by Gasteiger charge is -2.21. The van der Waals surface area contributed by atoms with Gasteiger partial charge >= 0.3 is 39.5 Å². The fraction of sp³-hybridized carbons (Fsp3) is 0.947. The highest BCUT2D eigenvalue weighted by molar-refractivity contribution is 7.47. The molecular formula is C75H146O17P2. The third-order valence-electron chi connectivity index (χ3n) is 17.5. The van der Waals surface area contributed by atoms with Crippen molar-refractivity contribution in [3.8, 4) is 0 Å². The zero-order valence-corrected chi connectivity index (χ0v) is 63.1. The lowest BCUT2D eigenvalue weighted by Crippen LogP contribution is -2.30. The normalized spacial score (nSPS) is 14.0. The van der Waals surface area contributed by atoms with Crippen molar-refractivity contribution in [2.45, 2.75) is 407 Å². The molecule has 0 fully saturated rings. The number of phosphoric ester groups is 2. The highest BCUT2D eigenvalue weighted by Gasteiger charge is 2.30. The minimum Gasteiger partial charge on any atom is -0.462 e. The van der Waals surface area contributed by atoms with Crippen molar-refractivity contribution in [1.29, 1.82) is 0 Å². The molecule has 5 atom stereocenters. The molecule has 0 rings (SSSR count). The summed E-state index contributed by atoms with van der Waals surface area (Å²) in [5.41, 5.74) is 0. The van der Waals surface area contributed by atoms with Crippen molar-refractivity contribution >= 4 is 39.5 Å². The number of hydrogen-bond donors (Lipinski definition) is 3. The molecular weight excluding hydrogens is 1230 g/mol. The SMILES string of the molecule is CCCCCCCCCCCCCCCCCCC(=O)OC[C@H](COP(=O)(O)OC[C@@H](O)COP(=O)(O)OC[C@@H](COC(=O)CCCCCCC)OC(=O)CCCCCCCCCCCCCCC(C)C)OC(=O)CCCCCCCCCCCCCCCCCC(C)C. The van der Waals surface area contributed by atoms with Crippen molar-refractivity contribution in [1.82, 2.24) is 0 Å². The number of aliphatic hydroxyl groups excluding tert-OH is 1. The summed E-state index contributed by atoms with van der Waals surface area (Å²) in [7, 11) is -9.90. The maximum atomic E-state index is 13.1. The zero-order valence-electron chi connectivity index (χ0n) is 61.3. The summed E-state index contributed by atoms with van der Waals surface area (Å²) >= 11 is 0. The maximum absolute atomic E-state index is 13.1. The predicted octanol–water partition coefficient (Wildman–Crippen LogP) is 21.9. The van der Waals surface area contributed by atoms with Crippen LogP contribution in [0, 0.1) is 11.8 Å². The Labute approximate surface area is 575 Å². The first kappa shape index (κ1) is 92.1. The monoisotopic (exact) mass is 1380 g/mol. The summed E-state index contributed by atoms with van der Waals surface area (Å²) in [4.78, 5) is 72.5. The van der Waals surface area contributed by atoms with Crippen LogP contribution in [0.1, 0.15) is 388 Å². The van der Waals surface area contributed by atoms with Gasteiger partial charge in [0, 0.05) is 25.7 Å². The zero-order chi connectivity index (χ0) is 69.3. The average molecular weight is 1380 g/mol. The highest BCUT2D eigenvalue weighted by Crippen LogP contribution is 2.45. The Kier molecular flexibility index (Phi) is 65.5. The van der Waals surface area contributed by atoms with Gasteiger partial charge in [-0.25, -0.2) is 9.13 Å². The number of rotatable bonds is 74. The number of aliphatic hydroxyl groups is 1. The van der Waals surface area contributed by atoms with Gasteiger partial charge in [0.2, 0.25) is 0 Å². The van der Waals surface area contributed by atoms with Gasteiger partial charge in [0.15, 0.2) is 12.2 Å². The van der Waals surface area contributed by atoms with Crippen molar-refractivity contribution in [2.24, 2.45) is 11.8 Å². The standard InChI is InChI=1S/C75H146O17P2/c1-7-9-11-13-14-15-16-17-18-21-24-30-35-40-46-52-58-73(78)86-64-71(92-75(80)60-53-47-41-36-31-25-22-19-20-23-28-33-38-44-49-55-67(3)4)66-90-94(83,84)88-62-69(76)61-87-93(81,82)89-65-70(63-85-72(77)57-51-43-12-10-8-2)91-74(79)59-54-48-42-37-32-27-26-29-34-39-45-50-56-68(5)6/h67-71,76H,7-66H2,1-6H3,(H,81,82)(H,83,84)/t69-,70+,71+/m0/s1. The number of hydrogen-bond acceptors (Lipinski definition) is 15. The summed E-state index contributed by atoms with van der Waals surface area (Å²) in [5.74, 6) is -0.547. The van der Waals surface area contributed by atoms with E-state index in [1.807, 2.05) is 0 Å². The Bertz CT molecular complexity index is 1820. The third kappa shape index (κ3) is 68.6. The predicted molar refractivity (Wildman–Crippen MR) is 381 cm³/mol. The second-order valence-electron chi connectivity index (χ2n) is 28.0. The van der Waals surface area contributed by atoms with Crippen LogP contribution in [0.25, 0.3) is 0 Å². The summed E-state index contributed by atoms with van der Waals surface area (Å²) in [6.07, 6.45) is 54.5. The van der Waals surface area contributed by atoms with Gasteiger partial charge in [-0.1, -0.05) is 337 Å². The molecule has 0 aliphatic carbocycles. The molecule has 0 heterocycles. The van der Waals surface area contributed by atoms with Crippen molar-refractivity contribution in [2.75, 3.05) is 39.6 Å². The number of carbonyl (C=O) groups is 4. The molecule has 0 aromatic rings. The number of ether oxygens (including phenoxy) is 4. The number of esters is 4. The van der Waals surface area contributed by atoms with Crippen LogP contribution >= 0.6 is 15.6 Å². The molecule has 558 valence electrons. The van der Waals surface area contributed by atoms with Crippen LogP contribution in [0.15, 0.2) is 0 Å². The summed E-state index contributed by atoms with van der Waals surface area (Å²) in [6, 6.07) is 0. The molecule has 2 unspecified atom stereocenters. The largest absolute Gasteiger partial charge is 0.472 e. The molecule has 0 spiro atoms. The van der Waals surface area contributed by atoms with E-state index < -0.39 is 97.5 Å². The lowest BCUT2D eigenvalue weighted by atomic mass is 10.0. The van der Waals surface area contributed by atoms with E-state index in [1.165, 1.54) is 199 Å². The third-order valence-corrected chi connectivity index (χ3v) is 19.4. The van der Waals surface area contributed by atoms with Gasteiger partial charge in [-0.2, -0.15) is 0 Å². The minimum absolute atomic E-state index is 0.106. The van der Waals surface area contributed by atoms with E-state index >= 15 is 0 Å². The molecule has 3 N–H and O–H groups in total. The smallest absolute Gasteiger partial charge is 0.462 e. The van der Waals surface area contributed by atoms with Gasteiger partial charge in [0.1, 0.15) is 19.3 Å². The first-order valence-electron chi connectivity index (χ1n) is 39.0. The van der Waals surface area contributed by atoms with Crippen molar-refractivity contribution < 1.29 is 80.2 Å². The van der Waals surface area contributed by atoms with E-state index in [4.69, 9.17) is 37.0 Å². The number of carbonyl (C=O) groups excluding carboxylic acids is 4. The second-order valence-corrected chi connectivity index (χ2v) is 30.9. The Morgan fingerprint density at radius 2 is 0.489 bits per heavy atom. The van der Waals surface area contributed by atoms with Crippen molar-refractivity contribution in [3.63, 3.8) is 0 Å². The molecule has 0 aromatic heterocycles. The summed E-state index contributed by atoms with van der Waals surface area (Å²) < 4.78 is 68.3. The second kappa shape index (κ2) is 66.9. The van der Waals surface area contributed by atoms with Gasteiger partial charge < -0.3 is 33.8 Å². The van der Waals surface area contributed by atoms with Crippen molar-refractivity contribution in [3.05, 3.63) is 0 Å². The molecule has 0 saturated carbocycles. The fourth-order valence-corrected chi connectivity index (χ4v) is 13.1. The Balaban J connectivity index is 5.14. The van der Waals surface area contributed by atoms with Gasteiger partial charge in [0.25, 0.3) is 0 Å². The van der Waals surface area contributed by atoms with Crippen LogP contribution in [0.2, 0.25) is 0 Å². The first-order chi connectivity index (χ1) is 45.4. The fourth-order valence-electron chi connectivity index (χ4n) is 11.5. The van der Waals surface area contributed by atoms with E-state index in [2.05, 4.69) is 41.5 Å². The van der Waals surface area contributed by atoms with Crippen LogP contribution in [0.3, 0.4) is 0 Å². The summed E-state index contributed by atoms with van der Waals surface area (Å²) in [5, 5.41) is 10.6. The van der Waals surface area contributed by atoms with Crippen LogP contribution < -0.4 is 0 Å². The molecule has 94 heavy (non-hydrogen) atoms. The van der Waals surface area contributed by atoms with E-state index in [1.54, 1.807) is 0 Å². The van der Waals surface area contributed by atoms with E-state index in [-0.39, 0.29) is 25.7 Å². The number of phosphoric acid groups is 2. The Morgan fingerprint density at radius 1 is 0.287 bits per heavy atom.